The standard InChI is InChI=1S/C10H9ClF3NOS/c11-5-8(16)4-6-3-7(15)1-2-9(6)17-10(12,13)14/h1-3H,4-5,15H2. The van der Waals surface area contributed by atoms with Gasteiger partial charge in [0.05, 0.1) is 5.88 Å². The first-order valence-electron chi connectivity index (χ1n) is 4.53. The van der Waals surface area contributed by atoms with Gasteiger partial charge in [-0.15, -0.1) is 11.6 Å². The number of nitrogens with two attached hydrogens (primary N) is 1. The highest BCUT2D eigenvalue weighted by molar-refractivity contribution is 8.00. The molecule has 0 atom stereocenters. The van der Waals surface area contributed by atoms with Gasteiger partial charge < -0.3 is 5.73 Å². The lowest BCUT2D eigenvalue weighted by molar-refractivity contribution is -0.116. The third-order valence-corrected chi connectivity index (χ3v) is 2.99. The van der Waals surface area contributed by atoms with Crippen molar-refractivity contribution in [2.45, 2.75) is 16.8 Å². The van der Waals surface area contributed by atoms with Gasteiger partial charge in [-0.1, -0.05) is 0 Å². The van der Waals surface area contributed by atoms with Crippen molar-refractivity contribution in [3.8, 4) is 0 Å². The number of halogens is 4. The molecule has 94 valence electrons. The van der Waals surface area contributed by atoms with Gasteiger partial charge in [-0.05, 0) is 35.5 Å². The molecule has 0 unspecified atom stereocenters. The first-order valence-corrected chi connectivity index (χ1v) is 5.88. The molecule has 1 aromatic carbocycles. The topological polar surface area (TPSA) is 43.1 Å². The number of rotatable bonds is 4. The van der Waals surface area contributed by atoms with Crippen LogP contribution < -0.4 is 5.73 Å². The third kappa shape index (κ3) is 4.87. The molecule has 2 N–H and O–H groups in total. The van der Waals surface area contributed by atoms with E-state index in [0.717, 1.165) is 0 Å². The SMILES string of the molecule is Nc1ccc(SC(F)(F)F)c(CC(=O)CCl)c1. The summed E-state index contributed by atoms with van der Waals surface area (Å²) in [5.41, 5.74) is 1.64. The predicted octanol–water partition coefficient (Wildman–Crippen LogP) is 3.23. The van der Waals surface area contributed by atoms with E-state index in [9.17, 15) is 18.0 Å². The quantitative estimate of drug-likeness (QED) is 0.524. The Bertz CT molecular complexity index is 423. The summed E-state index contributed by atoms with van der Waals surface area (Å²) in [6.45, 7) is 0. The number of benzene rings is 1. The number of alkyl halides is 4. The van der Waals surface area contributed by atoms with E-state index in [2.05, 4.69) is 0 Å². The fourth-order valence-electron chi connectivity index (χ4n) is 1.22. The third-order valence-electron chi connectivity index (χ3n) is 1.85. The van der Waals surface area contributed by atoms with Crippen LogP contribution in [-0.2, 0) is 11.2 Å². The summed E-state index contributed by atoms with van der Waals surface area (Å²) in [4.78, 5) is 11.1. The van der Waals surface area contributed by atoms with Crippen LogP contribution in [0.15, 0.2) is 23.1 Å². The summed E-state index contributed by atoms with van der Waals surface area (Å²) in [6, 6.07) is 3.98. The van der Waals surface area contributed by atoms with Crippen molar-refractivity contribution in [1.29, 1.82) is 0 Å². The van der Waals surface area contributed by atoms with Crippen molar-refractivity contribution < 1.29 is 18.0 Å². The van der Waals surface area contributed by atoms with Crippen LogP contribution in [0.4, 0.5) is 18.9 Å². The molecule has 0 saturated carbocycles. The average Bonchev–Trinajstić information content (AvgIpc) is 2.20. The van der Waals surface area contributed by atoms with Gasteiger partial charge >= 0.3 is 5.51 Å². The van der Waals surface area contributed by atoms with Crippen molar-refractivity contribution in [1.82, 2.24) is 0 Å². The molecule has 17 heavy (non-hydrogen) atoms. The first kappa shape index (κ1) is 14.2. The van der Waals surface area contributed by atoms with Gasteiger partial charge in [0.15, 0.2) is 5.78 Å². The van der Waals surface area contributed by atoms with Crippen LogP contribution in [0.5, 0.6) is 0 Å². The Morgan fingerprint density at radius 1 is 1.41 bits per heavy atom. The van der Waals surface area contributed by atoms with E-state index in [1.54, 1.807) is 0 Å². The van der Waals surface area contributed by atoms with Crippen LogP contribution >= 0.6 is 23.4 Å². The highest BCUT2D eigenvalue weighted by atomic mass is 35.5. The highest BCUT2D eigenvalue weighted by Crippen LogP contribution is 2.39. The largest absolute Gasteiger partial charge is 0.446 e. The fraction of sp³-hybridized carbons (Fsp3) is 0.300. The molecule has 2 nitrogen and oxygen atoms in total. The summed E-state index contributed by atoms with van der Waals surface area (Å²) in [5, 5.41) is 0. The second-order valence-corrected chi connectivity index (χ2v) is 4.64. The van der Waals surface area contributed by atoms with Crippen molar-refractivity contribution in [3.63, 3.8) is 0 Å². The Morgan fingerprint density at radius 3 is 2.59 bits per heavy atom. The lowest BCUT2D eigenvalue weighted by atomic mass is 10.1. The van der Waals surface area contributed by atoms with Crippen LogP contribution in [0, 0.1) is 0 Å². The number of ketones is 1. The summed E-state index contributed by atoms with van der Waals surface area (Å²) in [7, 11) is 0. The average molecular weight is 284 g/mol. The molecule has 0 fully saturated rings. The van der Waals surface area contributed by atoms with E-state index < -0.39 is 5.51 Å². The summed E-state index contributed by atoms with van der Waals surface area (Å²) in [6.07, 6.45) is -0.146. The van der Waals surface area contributed by atoms with Crippen molar-refractivity contribution in [2.24, 2.45) is 0 Å². The number of Topliss-reactive ketones (excluding diaryl/α,β-unsaturated/α-hetero) is 1. The molecule has 0 aromatic heterocycles. The smallest absolute Gasteiger partial charge is 0.399 e. The lowest BCUT2D eigenvalue weighted by Crippen LogP contribution is -2.07. The second kappa shape index (κ2) is 5.64. The van der Waals surface area contributed by atoms with Crippen LogP contribution in [0.25, 0.3) is 0 Å². The number of carbonyl (C=O) groups is 1. The molecular weight excluding hydrogens is 275 g/mol. The van der Waals surface area contributed by atoms with E-state index in [-0.39, 0.29) is 40.3 Å². The zero-order valence-electron chi connectivity index (χ0n) is 8.55. The Labute approximate surface area is 105 Å². The minimum absolute atomic E-state index is 0.0230. The van der Waals surface area contributed by atoms with Crippen LogP contribution in [0.1, 0.15) is 5.56 Å². The van der Waals surface area contributed by atoms with Crippen LogP contribution in [0.3, 0.4) is 0 Å². The molecule has 0 aliphatic carbocycles. The molecule has 0 amide bonds. The van der Waals surface area contributed by atoms with Gasteiger partial charge in [-0.25, -0.2) is 0 Å². The summed E-state index contributed by atoms with van der Waals surface area (Å²) >= 11 is 5.05. The van der Waals surface area contributed by atoms with Gasteiger partial charge in [0, 0.05) is 17.0 Å². The van der Waals surface area contributed by atoms with Gasteiger partial charge in [-0.2, -0.15) is 13.2 Å². The zero-order valence-corrected chi connectivity index (χ0v) is 10.1. The maximum Gasteiger partial charge on any atom is 0.446 e. The highest BCUT2D eigenvalue weighted by Gasteiger charge is 2.30. The van der Waals surface area contributed by atoms with E-state index in [0.29, 0.717) is 5.69 Å². The Hall–Kier alpha value is -0.880. The summed E-state index contributed by atoms with van der Waals surface area (Å²) < 4.78 is 36.8. The summed E-state index contributed by atoms with van der Waals surface area (Å²) in [5.74, 6) is -0.577. The number of carbonyl (C=O) groups excluding carboxylic acids is 1. The Kier molecular flexibility index (Phi) is 4.70. The van der Waals surface area contributed by atoms with E-state index in [1.807, 2.05) is 0 Å². The lowest BCUT2D eigenvalue weighted by Gasteiger charge is -2.11. The molecule has 1 rings (SSSR count). The maximum absolute atomic E-state index is 12.3. The molecule has 7 heteroatoms. The van der Waals surface area contributed by atoms with E-state index >= 15 is 0 Å². The van der Waals surface area contributed by atoms with Gasteiger partial charge in [-0.3, -0.25) is 4.79 Å². The first-order chi connectivity index (χ1) is 7.81. The number of nitrogen functional groups attached to an aromatic ring is 1. The van der Waals surface area contributed by atoms with Crippen molar-refractivity contribution in [3.05, 3.63) is 23.8 Å². The molecule has 1 aromatic rings. The monoisotopic (exact) mass is 283 g/mol. The predicted molar refractivity (Wildman–Crippen MR) is 62.2 cm³/mol. The Morgan fingerprint density at radius 2 is 2.06 bits per heavy atom. The molecule has 0 heterocycles. The van der Waals surface area contributed by atoms with Gasteiger partial charge in [0.25, 0.3) is 0 Å². The molecular formula is C10H9ClF3NOS. The van der Waals surface area contributed by atoms with Gasteiger partial charge in [0.2, 0.25) is 0 Å². The number of thioether (sulfide) groups is 1. The van der Waals surface area contributed by atoms with Gasteiger partial charge in [0.1, 0.15) is 0 Å². The zero-order chi connectivity index (χ0) is 13.1. The fourth-order valence-corrected chi connectivity index (χ4v) is 1.96. The number of hydrogen-bond acceptors (Lipinski definition) is 3. The normalized spacial score (nSPS) is 11.5. The Balaban J connectivity index is 2.99. The number of hydrogen-bond donors (Lipinski definition) is 1. The minimum atomic E-state index is -4.39. The molecule has 0 bridgehead atoms. The molecule has 0 spiro atoms. The molecule has 0 aliphatic rings. The van der Waals surface area contributed by atoms with E-state index in [4.69, 9.17) is 17.3 Å². The van der Waals surface area contributed by atoms with Crippen molar-refractivity contribution in [2.75, 3.05) is 11.6 Å². The van der Waals surface area contributed by atoms with Crippen LogP contribution in [-0.4, -0.2) is 17.2 Å². The van der Waals surface area contributed by atoms with Crippen LogP contribution in [0.2, 0.25) is 0 Å². The number of anilines is 1. The molecule has 0 radical (unpaired) electrons. The second-order valence-electron chi connectivity index (χ2n) is 3.26. The molecule has 0 aliphatic heterocycles. The maximum atomic E-state index is 12.3. The van der Waals surface area contributed by atoms with E-state index in [1.165, 1.54) is 18.2 Å². The van der Waals surface area contributed by atoms with Crippen molar-refractivity contribution >= 4 is 34.8 Å². The molecule has 0 saturated heterocycles. The minimum Gasteiger partial charge on any atom is -0.399 e.